The fourth-order valence-corrected chi connectivity index (χ4v) is 4.77. The van der Waals surface area contributed by atoms with Crippen LogP contribution in [-0.2, 0) is 22.3 Å². The van der Waals surface area contributed by atoms with Crippen LogP contribution in [0.5, 0.6) is 0 Å². The zero-order chi connectivity index (χ0) is 27.3. The van der Waals surface area contributed by atoms with Crippen molar-refractivity contribution in [1.82, 2.24) is 0 Å². The Balaban J connectivity index is 0.000000415. The van der Waals surface area contributed by atoms with E-state index < -0.39 is 11.9 Å². The van der Waals surface area contributed by atoms with Gasteiger partial charge in [0.15, 0.2) is 0 Å². The minimum Gasteiger partial charge on any atom is -0.462 e. The molecule has 0 aliphatic heterocycles. The van der Waals surface area contributed by atoms with Crippen molar-refractivity contribution in [3.8, 4) is 0 Å². The van der Waals surface area contributed by atoms with E-state index in [4.69, 9.17) is 9.47 Å². The molecule has 4 heteroatoms. The van der Waals surface area contributed by atoms with Crippen LogP contribution in [-0.4, -0.2) is 25.2 Å². The second kappa shape index (κ2) is 20.4. The maximum atomic E-state index is 12.4. The lowest BCUT2D eigenvalue weighted by Gasteiger charge is -2.13. The number of hydrogen-bond acceptors (Lipinski definition) is 4. The monoisotopic (exact) mass is 522 g/mol. The molecule has 0 spiro atoms. The van der Waals surface area contributed by atoms with Gasteiger partial charge in [-0.1, -0.05) is 114 Å². The zero-order valence-corrected chi connectivity index (χ0v) is 24.0. The summed E-state index contributed by atoms with van der Waals surface area (Å²) < 4.78 is 10.7. The summed E-state index contributed by atoms with van der Waals surface area (Å²) in [5.74, 6) is -0.888. The van der Waals surface area contributed by atoms with Gasteiger partial charge in [-0.25, -0.2) is 9.59 Å². The van der Waals surface area contributed by atoms with Crippen LogP contribution >= 0.6 is 0 Å². The predicted molar refractivity (Wildman–Crippen MR) is 157 cm³/mol. The molecule has 0 fully saturated rings. The number of hydrogen-bond donors (Lipinski definition) is 0. The standard InChI is InChI=1S/C24H38O4.C10H12/c1-3-5-7-9-11-15-19-27-23(25)21-17-13-14-18-22(21)24(26)28-20-16-12-10-8-6-4-2;1-2-6-10-8-4-3-7-9(10)5-1/h13-14,17-18H,3-12,15-16,19-20H2,1-2H3;1-2,5-6H,3-4,7-8H2. The van der Waals surface area contributed by atoms with Crippen molar-refractivity contribution >= 4 is 11.9 Å². The van der Waals surface area contributed by atoms with Gasteiger partial charge in [0, 0.05) is 0 Å². The van der Waals surface area contributed by atoms with Gasteiger partial charge < -0.3 is 9.47 Å². The molecule has 0 saturated carbocycles. The fourth-order valence-electron chi connectivity index (χ4n) is 4.77. The first kappa shape index (κ1) is 31.6. The van der Waals surface area contributed by atoms with Gasteiger partial charge in [0.25, 0.3) is 0 Å². The van der Waals surface area contributed by atoms with Gasteiger partial charge in [-0.15, -0.1) is 0 Å². The van der Waals surface area contributed by atoms with Crippen LogP contribution in [0.1, 0.15) is 136 Å². The van der Waals surface area contributed by atoms with E-state index in [1.807, 2.05) is 0 Å². The minimum atomic E-state index is -0.444. The Hall–Kier alpha value is -2.62. The molecule has 0 heterocycles. The summed E-state index contributed by atoms with van der Waals surface area (Å²) in [7, 11) is 0. The maximum absolute atomic E-state index is 12.4. The van der Waals surface area contributed by atoms with Gasteiger partial charge >= 0.3 is 11.9 Å². The summed E-state index contributed by atoms with van der Waals surface area (Å²) in [5.41, 5.74) is 3.74. The van der Waals surface area contributed by atoms with Gasteiger partial charge in [-0.05, 0) is 61.8 Å². The smallest absolute Gasteiger partial charge is 0.339 e. The second-order valence-corrected chi connectivity index (χ2v) is 10.3. The third kappa shape index (κ3) is 12.8. The highest BCUT2D eigenvalue weighted by Gasteiger charge is 2.18. The summed E-state index contributed by atoms with van der Waals surface area (Å²) in [4.78, 5) is 24.7. The van der Waals surface area contributed by atoms with E-state index in [-0.39, 0.29) is 0 Å². The number of benzene rings is 2. The second-order valence-electron chi connectivity index (χ2n) is 10.3. The Morgan fingerprint density at radius 2 is 0.921 bits per heavy atom. The van der Waals surface area contributed by atoms with Crippen LogP contribution in [0.3, 0.4) is 0 Å². The molecule has 0 N–H and O–H groups in total. The molecule has 0 amide bonds. The van der Waals surface area contributed by atoms with E-state index in [2.05, 4.69) is 38.1 Å². The number of unbranched alkanes of at least 4 members (excludes halogenated alkanes) is 10. The van der Waals surface area contributed by atoms with Gasteiger partial charge in [0.1, 0.15) is 0 Å². The summed E-state index contributed by atoms with van der Waals surface area (Å²) in [6, 6.07) is 15.5. The van der Waals surface area contributed by atoms with E-state index >= 15 is 0 Å². The van der Waals surface area contributed by atoms with Crippen LogP contribution in [0.2, 0.25) is 0 Å². The normalized spacial score (nSPS) is 12.2. The Kier molecular flexibility index (Phi) is 16.9. The van der Waals surface area contributed by atoms with E-state index in [0.717, 1.165) is 25.7 Å². The van der Waals surface area contributed by atoms with Crippen molar-refractivity contribution in [3.05, 3.63) is 70.8 Å². The lowest BCUT2D eigenvalue weighted by atomic mass is 9.92. The highest BCUT2D eigenvalue weighted by molar-refractivity contribution is 6.03. The van der Waals surface area contributed by atoms with Crippen molar-refractivity contribution in [1.29, 1.82) is 0 Å². The Bertz CT molecular complexity index is 846. The first-order valence-electron chi connectivity index (χ1n) is 15.2. The van der Waals surface area contributed by atoms with Crippen LogP contribution in [0.25, 0.3) is 0 Å². The van der Waals surface area contributed by atoms with Crippen molar-refractivity contribution in [2.24, 2.45) is 0 Å². The van der Waals surface area contributed by atoms with Crippen molar-refractivity contribution in [2.45, 2.75) is 117 Å². The number of esters is 2. The molecule has 4 nitrogen and oxygen atoms in total. The molecular weight excluding hydrogens is 472 g/mol. The molecule has 1 aliphatic rings. The van der Waals surface area contributed by atoms with Crippen LogP contribution < -0.4 is 0 Å². The molecule has 0 radical (unpaired) electrons. The Labute approximate surface area is 231 Å². The van der Waals surface area contributed by atoms with Gasteiger partial charge in [-0.2, -0.15) is 0 Å². The Morgan fingerprint density at radius 3 is 1.34 bits per heavy atom. The molecular formula is C34H50O4. The summed E-state index contributed by atoms with van der Waals surface area (Å²) in [6.45, 7) is 5.17. The summed E-state index contributed by atoms with van der Waals surface area (Å²) >= 11 is 0. The molecule has 210 valence electrons. The number of aryl methyl sites for hydroxylation is 2. The quantitative estimate of drug-likeness (QED) is 0.163. The lowest BCUT2D eigenvalue weighted by molar-refractivity contribution is 0.0450. The molecule has 2 aromatic rings. The largest absolute Gasteiger partial charge is 0.462 e. The topological polar surface area (TPSA) is 52.6 Å². The van der Waals surface area contributed by atoms with Gasteiger partial charge in [0.2, 0.25) is 0 Å². The van der Waals surface area contributed by atoms with E-state index in [0.29, 0.717) is 24.3 Å². The first-order chi connectivity index (χ1) is 18.7. The fraction of sp³-hybridized carbons (Fsp3) is 0.588. The predicted octanol–water partition coefficient (Wildman–Crippen LogP) is 9.29. The molecule has 0 saturated heterocycles. The van der Waals surface area contributed by atoms with Gasteiger partial charge in [-0.3, -0.25) is 0 Å². The van der Waals surface area contributed by atoms with Crippen molar-refractivity contribution in [3.63, 3.8) is 0 Å². The van der Waals surface area contributed by atoms with E-state index in [1.165, 1.54) is 77.0 Å². The number of fused-ring (bicyclic) bond motifs is 1. The highest BCUT2D eigenvalue weighted by atomic mass is 16.5. The van der Waals surface area contributed by atoms with E-state index in [9.17, 15) is 9.59 Å². The van der Waals surface area contributed by atoms with Crippen molar-refractivity contribution < 1.29 is 19.1 Å². The van der Waals surface area contributed by atoms with Gasteiger partial charge in [0.05, 0.1) is 24.3 Å². The first-order valence-corrected chi connectivity index (χ1v) is 15.2. The summed E-state index contributed by atoms with van der Waals surface area (Å²) in [5, 5.41) is 0. The van der Waals surface area contributed by atoms with Crippen molar-refractivity contribution in [2.75, 3.05) is 13.2 Å². The molecule has 38 heavy (non-hydrogen) atoms. The number of carbonyl (C=O) groups excluding carboxylic acids is 2. The third-order valence-electron chi connectivity index (χ3n) is 7.09. The summed E-state index contributed by atoms with van der Waals surface area (Å²) in [6.07, 6.45) is 19.0. The molecule has 0 unspecified atom stereocenters. The van der Waals surface area contributed by atoms with E-state index in [1.54, 1.807) is 35.4 Å². The average molecular weight is 523 g/mol. The zero-order valence-electron chi connectivity index (χ0n) is 24.0. The third-order valence-corrected chi connectivity index (χ3v) is 7.09. The molecule has 0 aromatic heterocycles. The maximum Gasteiger partial charge on any atom is 0.339 e. The molecule has 1 aliphatic carbocycles. The number of carbonyl (C=O) groups is 2. The number of rotatable bonds is 16. The molecule has 0 atom stereocenters. The number of ether oxygens (including phenoxy) is 2. The minimum absolute atomic E-state index is 0.293. The molecule has 3 rings (SSSR count). The van der Waals surface area contributed by atoms with Crippen LogP contribution in [0.4, 0.5) is 0 Å². The Morgan fingerprint density at radius 1 is 0.553 bits per heavy atom. The highest BCUT2D eigenvalue weighted by Crippen LogP contribution is 2.20. The average Bonchev–Trinajstić information content (AvgIpc) is 2.96. The van der Waals surface area contributed by atoms with Crippen LogP contribution in [0, 0.1) is 0 Å². The molecule has 0 bridgehead atoms. The SMILES string of the molecule is CCCCCCCCOC(=O)c1ccccc1C(=O)OCCCCCCCC.c1ccc2c(c1)CCCC2. The molecule has 2 aromatic carbocycles. The van der Waals surface area contributed by atoms with Crippen LogP contribution in [0.15, 0.2) is 48.5 Å². The lowest BCUT2D eigenvalue weighted by Crippen LogP contribution is -2.15.